The van der Waals surface area contributed by atoms with E-state index >= 15 is 0 Å². The number of benzene rings is 2. The van der Waals surface area contributed by atoms with Crippen molar-refractivity contribution in [2.24, 2.45) is 4.99 Å². The number of pyridine rings is 1. The number of aryl methyl sites for hydroxylation is 1. The molecule has 0 fully saturated rings. The fourth-order valence-corrected chi connectivity index (χ4v) is 2.86. The first-order valence-electron chi connectivity index (χ1n) is 9.18. The zero-order valence-electron chi connectivity index (χ0n) is 16.5. The van der Waals surface area contributed by atoms with Gasteiger partial charge in [-0.05, 0) is 60.9 Å². The van der Waals surface area contributed by atoms with Crippen LogP contribution in [0.1, 0.15) is 23.6 Å². The third-order valence-corrected chi connectivity index (χ3v) is 4.38. The molecular formula is C24H24N2O2. The second-order valence-electron chi connectivity index (χ2n) is 6.30. The summed E-state index contributed by atoms with van der Waals surface area (Å²) in [6.07, 6.45) is 3.47. The van der Waals surface area contributed by atoms with Crippen molar-refractivity contribution < 1.29 is 9.47 Å². The lowest BCUT2D eigenvalue weighted by molar-refractivity contribution is 0.329. The molecule has 0 unspecified atom stereocenters. The lowest BCUT2D eigenvalue weighted by Gasteiger charge is -2.13. The highest BCUT2D eigenvalue weighted by atomic mass is 16.5. The number of ether oxygens (including phenoxy) is 2. The Morgan fingerprint density at radius 2 is 1.89 bits per heavy atom. The van der Waals surface area contributed by atoms with Gasteiger partial charge in [-0.2, -0.15) is 0 Å². The molecule has 0 aliphatic carbocycles. The van der Waals surface area contributed by atoms with Crippen molar-refractivity contribution in [2.45, 2.75) is 13.8 Å². The number of hydrogen-bond donors (Lipinski definition) is 0. The summed E-state index contributed by atoms with van der Waals surface area (Å²) in [6.45, 7) is 8.59. The van der Waals surface area contributed by atoms with Crippen LogP contribution in [0.25, 0.3) is 16.8 Å². The largest absolute Gasteiger partial charge is 0.497 e. The first kappa shape index (κ1) is 19.4. The standard InChI is InChI=1S/C24H24N2O2/c1-5-28-24(26-18(3)21-9-7-13-25-16-21)23-15-20(12-11-17(23)2)19-8-6-10-22(14-19)27-4/h6-16H,3,5H2,1-2,4H3. The van der Waals surface area contributed by atoms with Crippen LogP contribution in [0.15, 0.2) is 78.6 Å². The highest BCUT2D eigenvalue weighted by molar-refractivity contribution is 5.99. The van der Waals surface area contributed by atoms with Crippen molar-refractivity contribution in [1.82, 2.24) is 4.98 Å². The van der Waals surface area contributed by atoms with Gasteiger partial charge in [0.2, 0.25) is 5.90 Å². The normalized spacial score (nSPS) is 11.2. The third kappa shape index (κ3) is 4.46. The molecular weight excluding hydrogens is 348 g/mol. The van der Waals surface area contributed by atoms with E-state index in [2.05, 4.69) is 40.8 Å². The second-order valence-corrected chi connectivity index (χ2v) is 6.30. The van der Waals surface area contributed by atoms with Crippen molar-refractivity contribution >= 4 is 11.6 Å². The van der Waals surface area contributed by atoms with Crippen molar-refractivity contribution in [3.63, 3.8) is 0 Å². The minimum absolute atomic E-state index is 0.516. The van der Waals surface area contributed by atoms with Crippen LogP contribution in [0, 0.1) is 6.92 Å². The summed E-state index contributed by atoms with van der Waals surface area (Å²) >= 11 is 0. The molecule has 3 rings (SSSR count). The highest BCUT2D eigenvalue weighted by Gasteiger charge is 2.12. The first-order valence-corrected chi connectivity index (χ1v) is 9.18. The Labute approximate surface area is 166 Å². The zero-order valence-corrected chi connectivity index (χ0v) is 16.5. The molecule has 4 nitrogen and oxygen atoms in total. The molecule has 28 heavy (non-hydrogen) atoms. The monoisotopic (exact) mass is 372 g/mol. The minimum atomic E-state index is 0.516. The average Bonchev–Trinajstić information content (AvgIpc) is 2.74. The smallest absolute Gasteiger partial charge is 0.221 e. The summed E-state index contributed by atoms with van der Waals surface area (Å²) in [7, 11) is 1.67. The molecule has 0 bridgehead atoms. The number of methoxy groups -OCH3 is 1. The summed E-state index contributed by atoms with van der Waals surface area (Å²) in [6, 6.07) is 18.0. The molecule has 0 aliphatic heterocycles. The molecule has 0 radical (unpaired) electrons. The quantitative estimate of drug-likeness (QED) is 0.423. The van der Waals surface area contributed by atoms with Gasteiger partial charge in [0.25, 0.3) is 0 Å². The fraction of sp³-hybridized carbons (Fsp3) is 0.167. The van der Waals surface area contributed by atoms with Crippen LogP contribution < -0.4 is 4.74 Å². The van der Waals surface area contributed by atoms with Crippen LogP contribution in [0.3, 0.4) is 0 Å². The molecule has 142 valence electrons. The lowest BCUT2D eigenvalue weighted by Crippen LogP contribution is -2.09. The number of aliphatic imine (C=N–C) groups is 1. The van der Waals surface area contributed by atoms with Gasteiger partial charge in [0, 0.05) is 23.5 Å². The van der Waals surface area contributed by atoms with Gasteiger partial charge < -0.3 is 9.47 Å². The van der Waals surface area contributed by atoms with Gasteiger partial charge >= 0.3 is 0 Å². The van der Waals surface area contributed by atoms with Crippen LogP contribution in [0.4, 0.5) is 0 Å². The summed E-state index contributed by atoms with van der Waals surface area (Å²) in [5.74, 6) is 1.38. The number of hydrogen-bond acceptors (Lipinski definition) is 4. The maximum absolute atomic E-state index is 5.88. The van der Waals surface area contributed by atoms with Gasteiger partial charge in [0.05, 0.1) is 19.4 Å². The molecule has 2 aromatic carbocycles. The van der Waals surface area contributed by atoms with E-state index in [9.17, 15) is 0 Å². The molecule has 0 N–H and O–H groups in total. The molecule has 1 aromatic heterocycles. The summed E-state index contributed by atoms with van der Waals surface area (Å²) in [5, 5.41) is 0. The molecule has 1 heterocycles. The molecule has 4 heteroatoms. The van der Waals surface area contributed by atoms with E-state index in [0.717, 1.165) is 33.6 Å². The minimum Gasteiger partial charge on any atom is -0.497 e. The Hall–Kier alpha value is -3.40. The van der Waals surface area contributed by atoms with E-state index in [1.54, 1.807) is 19.5 Å². The maximum Gasteiger partial charge on any atom is 0.221 e. The van der Waals surface area contributed by atoms with Crippen LogP contribution >= 0.6 is 0 Å². The Balaban J connectivity index is 2.03. The Morgan fingerprint density at radius 1 is 1.07 bits per heavy atom. The Morgan fingerprint density at radius 3 is 2.61 bits per heavy atom. The fourth-order valence-electron chi connectivity index (χ4n) is 2.86. The topological polar surface area (TPSA) is 43.7 Å². The van der Waals surface area contributed by atoms with Crippen LogP contribution in [0.5, 0.6) is 5.75 Å². The molecule has 0 amide bonds. The van der Waals surface area contributed by atoms with E-state index in [0.29, 0.717) is 18.2 Å². The van der Waals surface area contributed by atoms with E-state index in [4.69, 9.17) is 9.47 Å². The summed E-state index contributed by atoms with van der Waals surface area (Å²) in [5.41, 5.74) is 5.63. The van der Waals surface area contributed by atoms with E-state index in [-0.39, 0.29) is 0 Å². The van der Waals surface area contributed by atoms with Crippen LogP contribution in [-0.4, -0.2) is 24.6 Å². The van der Waals surface area contributed by atoms with Crippen molar-refractivity contribution in [2.75, 3.05) is 13.7 Å². The third-order valence-electron chi connectivity index (χ3n) is 4.38. The maximum atomic E-state index is 5.88. The van der Waals surface area contributed by atoms with E-state index in [1.807, 2.05) is 44.2 Å². The molecule has 0 atom stereocenters. The molecule has 0 saturated heterocycles. The van der Waals surface area contributed by atoms with Gasteiger partial charge in [0.15, 0.2) is 0 Å². The van der Waals surface area contributed by atoms with Gasteiger partial charge in [-0.15, -0.1) is 0 Å². The average molecular weight is 372 g/mol. The highest BCUT2D eigenvalue weighted by Crippen LogP contribution is 2.27. The summed E-state index contributed by atoms with van der Waals surface area (Å²) in [4.78, 5) is 8.81. The van der Waals surface area contributed by atoms with Gasteiger partial charge in [0.1, 0.15) is 5.75 Å². The van der Waals surface area contributed by atoms with Gasteiger partial charge in [-0.3, -0.25) is 4.98 Å². The van der Waals surface area contributed by atoms with Crippen LogP contribution in [0.2, 0.25) is 0 Å². The Bertz CT molecular complexity index is 994. The predicted octanol–water partition coefficient (Wildman–Crippen LogP) is 5.52. The van der Waals surface area contributed by atoms with Crippen LogP contribution in [-0.2, 0) is 4.74 Å². The predicted molar refractivity (Wildman–Crippen MR) is 115 cm³/mol. The Kier molecular flexibility index (Phi) is 6.22. The van der Waals surface area contributed by atoms with Crippen molar-refractivity contribution in [3.05, 3.63) is 90.3 Å². The molecule has 0 aliphatic rings. The van der Waals surface area contributed by atoms with E-state index in [1.165, 1.54) is 0 Å². The SMILES string of the molecule is C=C(N=C(OCC)c1cc(-c2cccc(OC)c2)ccc1C)c1cccnc1. The summed E-state index contributed by atoms with van der Waals surface area (Å²) < 4.78 is 11.2. The molecule has 3 aromatic rings. The molecule has 0 spiro atoms. The van der Waals surface area contributed by atoms with Gasteiger partial charge in [-0.1, -0.05) is 30.8 Å². The van der Waals surface area contributed by atoms with Crippen molar-refractivity contribution in [3.8, 4) is 16.9 Å². The van der Waals surface area contributed by atoms with Gasteiger partial charge in [-0.25, -0.2) is 4.99 Å². The van der Waals surface area contributed by atoms with E-state index < -0.39 is 0 Å². The number of nitrogens with zero attached hydrogens (tertiary/aromatic N) is 2. The first-order chi connectivity index (χ1) is 13.6. The lowest BCUT2D eigenvalue weighted by atomic mass is 9.99. The molecule has 0 saturated carbocycles. The zero-order chi connectivity index (χ0) is 19.9. The second kappa shape index (κ2) is 9.00. The van der Waals surface area contributed by atoms with Crippen molar-refractivity contribution in [1.29, 1.82) is 0 Å². The number of rotatable bonds is 6. The number of aromatic nitrogens is 1.